The van der Waals surface area contributed by atoms with E-state index in [0.29, 0.717) is 12.2 Å². The van der Waals surface area contributed by atoms with E-state index in [4.69, 9.17) is 40.1 Å². The lowest BCUT2D eigenvalue weighted by atomic mass is 10.2. The maximum Gasteiger partial charge on any atom is 0.190 e. The number of hydrogen-bond donors (Lipinski definition) is 3. The second-order valence-electron chi connectivity index (χ2n) is 4.94. The van der Waals surface area contributed by atoms with Crippen LogP contribution >= 0.6 is 34.8 Å². The molecule has 0 aliphatic rings. The smallest absolute Gasteiger partial charge is 0.190 e. The van der Waals surface area contributed by atoms with Crippen molar-refractivity contribution in [2.45, 2.75) is 25.7 Å². The summed E-state index contributed by atoms with van der Waals surface area (Å²) < 4.78 is 0. The molecule has 9 heteroatoms. The van der Waals surface area contributed by atoms with Gasteiger partial charge in [0, 0.05) is 27.2 Å². The van der Waals surface area contributed by atoms with E-state index in [-0.39, 0.29) is 20.9 Å². The number of nitrogens with one attached hydrogen (secondary N) is 3. The number of pyridine rings is 1. The second kappa shape index (κ2) is 11.2. The summed E-state index contributed by atoms with van der Waals surface area (Å²) in [6.45, 7) is 1.47. The highest BCUT2D eigenvalue weighted by Gasteiger charge is 2.15. The van der Waals surface area contributed by atoms with Gasteiger partial charge in [0.1, 0.15) is 16.1 Å². The third-order valence-corrected chi connectivity index (χ3v) is 4.38. The number of anilines is 1. The zero-order valence-electron chi connectivity index (χ0n) is 13.7. The first kappa shape index (κ1) is 20.6. The molecule has 6 nitrogen and oxygen atoms in total. The van der Waals surface area contributed by atoms with Gasteiger partial charge < -0.3 is 16.0 Å². The van der Waals surface area contributed by atoms with Crippen molar-refractivity contribution in [3.05, 3.63) is 20.9 Å². The van der Waals surface area contributed by atoms with E-state index >= 15 is 0 Å². The molecule has 1 aromatic rings. The standard InChI is InChI=1S/C15H21Cl3N6/c1-20-15(21-2)23-8-6-4-3-5-7-22-13-11(16)10(9-19)24-14(18)12(13)17/h3-8H2,1-2H3,(H,22,24)(H2,20,21,23). The highest BCUT2D eigenvalue weighted by Crippen LogP contribution is 2.36. The van der Waals surface area contributed by atoms with E-state index < -0.39 is 0 Å². The van der Waals surface area contributed by atoms with Crippen molar-refractivity contribution in [3.63, 3.8) is 0 Å². The van der Waals surface area contributed by atoms with Gasteiger partial charge in [-0.25, -0.2) is 4.98 Å². The van der Waals surface area contributed by atoms with Crippen molar-refractivity contribution < 1.29 is 0 Å². The fraction of sp³-hybridized carbons (Fsp3) is 0.533. The molecular formula is C15H21Cl3N6. The van der Waals surface area contributed by atoms with Gasteiger partial charge in [0.05, 0.1) is 5.69 Å². The lowest BCUT2D eigenvalue weighted by Gasteiger charge is -2.12. The Morgan fingerprint density at radius 1 is 1.08 bits per heavy atom. The molecule has 0 fully saturated rings. The molecule has 1 aromatic heterocycles. The molecule has 0 aliphatic heterocycles. The Morgan fingerprint density at radius 3 is 2.38 bits per heavy atom. The van der Waals surface area contributed by atoms with Crippen LogP contribution in [0.2, 0.25) is 15.2 Å². The molecule has 0 aromatic carbocycles. The van der Waals surface area contributed by atoms with Crippen LogP contribution in [0.25, 0.3) is 0 Å². The third-order valence-electron chi connectivity index (χ3n) is 3.27. The number of aliphatic imine (C=N–C) groups is 1. The zero-order chi connectivity index (χ0) is 17.9. The first-order valence-corrected chi connectivity index (χ1v) is 8.77. The van der Waals surface area contributed by atoms with Crippen molar-refractivity contribution in [2.24, 2.45) is 4.99 Å². The SMILES string of the molecule is CNC(=NCCCCCCNc1c(Cl)c(Cl)nc(C#N)c1Cl)NC. The van der Waals surface area contributed by atoms with Gasteiger partial charge in [-0.2, -0.15) is 5.26 Å². The van der Waals surface area contributed by atoms with Gasteiger partial charge in [-0.3, -0.25) is 4.99 Å². The van der Waals surface area contributed by atoms with Crippen LogP contribution in [-0.4, -0.2) is 38.1 Å². The molecule has 0 radical (unpaired) electrons. The predicted molar refractivity (Wildman–Crippen MR) is 101 cm³/mol. The second-order valence-corrected chi connectivity index (χ2v) is 6.05. The van der Waals surface area contributed by atoms with Gasteiger partial charge in [0.15, 0.2) is 16.8 Å². The number of halogens is 3. The Hall–Kier alpha value is -1.42. The predicted octanol–water partition coefficient (Wildman–Crippen LogP) is 3.68. The Kier molecular flexibility index (Phi) is 9.62. The van der Waals surface area contributed by atoms with Crippen LogP contribution in [0.1, 0.15) is 31.4 Å². The van der Waals surface area contributed by atoms with Crippen molar-refractivity contribution >= 4 is 46.4 Å². The molecule has 3 N–H and O–H groups in total. The topological polar surface area (TPSA) is 85.1 Å². The van der Waals surface area contributed by atoms with Crippen molar-refractivity contribution in [3.8, 4) is 6.07 Å². The van der Waals surface area contributed by atoms with Crippen LogP contribution in [0.4, 0.5) is 5.69 Å². The summed E-state index contributed by atoms with van der Waals surface area (Å²) in [6.07, 6.45) is 4.10. The Balaban J connectivity index is 2.35. The van der Waals surface area contributed by atoms with Gasteiger partial charge in [-0.15, -0.1) is 0 Å². The van der Waals surface area contributed by atoms with Gasteiger partial charge in [0.2, 0.25) is 0 Å². The molecule has 24 heavy (non-hydrogen) atoms. The van der Waals surface area contributed by atoms with E-state index in [1.165, 1.54) is 0 Å². The van der Waals surface area contributed by atoms with E-state index in [9.17, 15) is 0 Å². The largest absolute Gasteiger partial charge is 0.382 e. The lowest BCUT2D eigenvalue weighted by Crippen LogP contribution is -2.31. The molecule has 0 aliphatic carbocycles. The van der Waals surface area contributed by atoms with Crippen LogP contribution in [-0.2, 0) is 0 Å². The van der Waals surface area contributed by atoms with Crippen molar-refractivity contribution in [2.75, 3.05) is 32.5 Å². The van der Waals surface area contributed by atoms with Crippen LogP contribution < -0.4 is 16.0 Å². The summed E-state index contributed by atoms with van der Waals surface area (Å²) in [5.41, 5.74) is 0.531. The van der Waals surface area contributed by atoms with E-state index in [1.807, 2.05) is 20.2 Å². The molecule has 1 heterocycles. The quantitative estimate of drug-likeness (QED) is 0.272. The fourth-order valence-corrected chi connectivity index (χ4v) is 2.70. The molecule has 0 spiro atoms. The Labute approximate surface area is 157 Å². The van der Waals surface area contributed by atoms with Crippen molar-refractivity contribution in [1.82, 2.24) is 15.6 Å². The minimum absolute atomic E-state index is 0.0660. The summed E-state index contributed by atoms with van der Waals surface area (Å²) in [5, 5.41) is 18.6. The van der Waals surface area contributed by atoms with Gasteiger partial charge in [-0.05, 0) is 12.8 Å². The number of unbranched alkanes of at least 4 members (excludes halogenated alkanes) is 3. The maximum atomic E-state index is 8.98. The molecule has 0 atom stereocenters. The van der Waals surface area contributed by atoms with Gasteiger partial charge in [0.25, 0.3) is 0 Å². The highest BCUT2D eigenvalue weighted by atomic mass is 35.5. The number of rotatable bonds is 8. The average molecular weight is 392 g/mol. The van der Waals surface area contributed by atoms with Gasteiger partial charge in [-0.1, -0.05) is 47.6 Å². The number of aromatic nitrogens is 1. The van der Waals surface area contributed by atoms with Crippen LogP contribution in [0.15, 0.2) is 4.99 Å². The summed E-state index contributed by atoms with van der Waals surface area (Å²) in [7, 11) is 3.67. The van der Waals surface area contributed by atoms with E-state index in [0.717, 1.165) is 38.2 Å². The first-order valence-electron chi connectivity index (χ1n) is 7.63. The summed E-state index contributed by atoms with van der Waals surface area (Å²) in [4.78, 5) is 8.21. The minimum Gasteiger partial charge on any atom is -0.382 e. The van der Waals surface area contributed by atoms with E-state index in [1.54, 1.807) is 0 Å². The number of nitrogens with zero attached hydrogens (tertiary/aromatic N) is 3. The van der Waals surface area contributed by atoms with Crippen LogP contribution in [0, 0.1) is 11.3 Å². The fourth-order valence-electron chi connectivity index (χ4n) is 2.02. The first-order chi connectivity index (χ1) is 11.5. The molecule has 1 rings (SSSR count). The molecule has 0 bridgehead atoms. The zero-order valence-corrected chi connectivity index (χ0v) is 16.0. The third kappa shape index (κ3) is 6.23. The monoisotopic (exact) mass is 390 g/mol. The summed E-state index contributed by atoms with van der Waals surface area (Å²) in [6, 6.07) is 1.90. The Bertz CT molecular complexity index is 606. The number of hydrogen-bond acceptors (Lipinski definition) is 4. The highest BCUT2D eigenvalue weighted by molar-refractivity contribution is 6.45. The minimum atomic E-state index is 0.0660. The molecule has 0 amide bonds. The Morgan fingerprint density at radius 2 is 1.75 bits per heavy atom. The maximum absolute atomic E-state index is 8.98. The molecule has 132 valence electrons. The average Bonchev–Trinajstić information content (AvgIpc) is 2.59. The molecule has 0 unspecified atom stereocenters. The lowest BCUT2D eigenvalue weighted by molar-refractivity contribution is 0.660. The molecule has 0 saturated heterocycles. The summed E-state index contributed by atoms with van der Waals surface area (Å²) >= 11 is 18.1. The molecular weight excluding hydrogens is 371 g/mol. The van der Waals surface area contributed by atoms with E-state index in [2.05, 4.69) is 25.9 Å². The van der Waals surface area contributed by atoms with Crippen LogP contribution in [0.5, 0.6) is 0 Å². The van der Waals surface area contributed by atoms with Crippen molar-refractivity contribution in [1.29, 1.82) is 5.26 Å². The molecule has 0 saturated carbocycles. The van der Waals surface area contributed by atoms with Gasteiger partial charge >= 0.3 is 0 Å². The van der Waals surface area contributed by atoms with Crippen LogP contribution in [0.3, 0.4) is 0 Å². The number of nitriles is 1. The normalized spacial score (nSPS) is 10.0. The number of guanidine groups is 1. The summed E-state index contributed by atoms with van der Waals surface area (Å²) in [5.74, 6) is 0.795.